The van der Waals surface area contributed by atoms with E-state index in [2.05, 4.69) is 16.0 Å². The zero-order valence-electron chi connectivity index (χ0n) is 14.3. The van der Waals surface area contributed by atoms with Crippen LogP contribution in [0.4, 0.5) is 0 Å². The number of ether oxygens (including phenoxy) is 1. The smallest absolute Gasteiger partial charge is 0.156 e. The second-order valence-corrected chi connectivity index (χ2v) is 7.25. The van der Waals surface area contributed by atoms with E-state index in [1.165, 1.54) is 24.8 Å². The molecule has 3 rings (SSSR count). The second kappa shape index (κ2) is 9.42. The number of hydrogen-bond donors (Lipinski definition) is 0. The molecule has 1 fully saturated rings. The Morgan fingerprint density at radius 3 is 2.68 bits per heavy atom. The lowest BCUT2D eigenvalue weighted by Crippen LogP contribution is -2.34. The molecule has 25 heavy (non-hydrogen) atoms. The molecule has 2 aromatic rings. The predicted molar refractivity (Wildman–Crippen MR) is 104 cm³/mol. The summed E-state index contributed by atoms with van der Waals surface area (Å²) >= 11 is 12.3. The van der Waals surface area contributed by atoms with Crippen LogP contribution in [0.2, 0.25) is 10.0 Å². The number of aromatic nitrogens is 1. The second-order valence-electron chi connectivity index (χ2n) is 6.44. The van der Waals surface area contributed by atoms with Gasteiger partial charge >= 0.3 is 0 Å². The van der Waals surface area contributed by atoms with Gasteiger partial charge in [-0.3, -0.25) is 9.88 Å². The van der Waals surface area contributed by atoms with Gasteiger partial charge in [-0.1, -0.05) is 41.8 Å². The highest BCUT2D eigenvalue weighted by Gasteiger charge is 2.23. The normalized spacial score (nSPS) is 18.2. The van der Waals surface area contributed by atoms with Crippen molar-refractivity contribution in [3.05, 3.63) is 58.3 Å². The van der Waals surface area contributed by atoms with Gasteiger partial charge in [0.05, 0.1) is 16.7 Å². The van der Waals surface area contributed by atoms with Crippen LogP contribution in [0, 0.1) is 0 Å². The Balaban J connectivity index is 1.46. The molecule has 3 nitrogen and oxygen atoms in total. The van der Waals surface area contributed by atoms with Crippen LogP contribution in [0.3, 0.4) is 0 Å². The number of pyridine rings is 1. The zero-order chi connectivity index (χ0) is 17.5. The molecule has 0 saturated carbocycles. The highest BCUT2D eigenvalue weighted by atomic mass is 35.5. The maximum absolute atomic E-state index is 6.13. The molecule has 0 radical (unpaired) electrons. The Morgan fingerprint density at radius 1 is 1.08 bits per heavy atom. The van der Waals surface area contributed by atoms with E-state index < -0.39 is 0 Å². The summed E-state index contributed by atoms with van der Waals surface area (Å²) < 4.78 is 5.78. The predicted octanol–water partition coefficient (Wildman–Crippen LogP) is 5.77. The summed E-state index contributed by atoms with van der Waals surface area (Å²) in [6.45, 7) is 2.88. The van der Waals surface area contributed by atoms with Gasteiger partial charge in [0.1, 0.15) is 0 Å². The van der Waals surface area contributed by atoms with Crippen molar-refractivity contribution < 1.29 is 4.74 Å². The van der Waals surface area contributed by atoms with Crippen LogP contribution < -0.4 is 4.74 Å². The summed E-state index contributed by atoms with van der Waals surface area (Å²) in [5.41, 5.74) is 1.33. The van der Waals surface area contributed by atoms with Crippen molar-refractivity contribution in [3.63, 3.8) is 0 Å². The first kappa shape index (κ1) is 18.5. The Labute approximate surface area is 159 Å². The molecule has 1 aromatic carbocycles. The van der Waals surface area contributed by atoms with Gasteiger partial charge in [-0.05, 0) is 62.5 Å². The molecule has 134 valence electrons. The first-order chi connectivity index (χ1) is 12.3. The Kier molecular flexibility index (Phi) is 6.97. The third kappa shape index (κ3) is 5.10. The number of halogens is 2. The summed E-state index contributed by atoms with van der Waals surface area (Å²) in [6, 6.07) is 10.2. The zero-order valence-corrected chi connectivity index (χ0v) is 15.8. The molecule has 0 N–H and O–H groups in total. The number of hydrogen-bond acceptors (Lipinski definition) is 3. The molecular weight excluding hydrogens is 355 g/mol. The van der Waals surface area contributed by atoms with Gasteiger partial charge in [0.25, 0.3) is 0 Å². The number of para-hydroxylation sites is 1. The van der Waals surface area contributed by atoms with Crippen molar-refractivity contribution in [2.45, 2.75) is 38.1 Å². The molecule has 5 heteroatoms. The molecule has 1 atom stereocenters. The third-order valence-electron chi connectivity index (χ3n) is 4.69. The van der Waals surface area contributed by atoms with Crippen LogP contribution in [-0.2, 0) is 0 Å². The average Bonchev–Trinajstić information content (AvgIpc) is 2.65. The molecule has 0 bridgehead atoms. The maximum atomic E-state index is 6.13. The van der Waals surface area contributed by atoms with Gasteiger partial charge in [0.2, 0.25) is 0 Å². The van der Waals surface area contributed by atoms with Crippen LogP contribution in [0.15, 0.2) is 42.7 Å². The van der Waals surface area contributed by atoms with Gasteiger partial charge < -0.3 is 4.74 Å². The van der Waals surface area contributed by atoms with Crippen LogP contribution >= 0.6 is 23.2 Å². The van der Waals surface area contributed by atoms with Crippen molar-refractivity contribution in [1.82, 2.24) is 9.88 Å². The van der Waals surface area contributed by atoms with Crippen LogP contribution in [-0.4, -0.2) is 29.6 Å². The fourth-order valence-corrected chi connectivity index (χ4v) is 3.93. The first-order valence-electron chi connectivity index (χ1n) is 8.96. The van der Waals surface area contributed by atoms with Gasteiger partial charge in [0, 0.05) is 18.4 Å². The van der Waals surface area contributed by atoms with E-state index in [1.54, 1.807) is 12.1 Å². The largest absolute Gasteiger partial charge is 0.490 e. The van der Waals surface area contributed by atoms with E-state index in [1.807, 2.05) is 24.5 Å². The van der Waals surface area contributed by atoms with Crippen molar-refractivity contribution in [3.8, 4) is 5.75 Å². The molecule has 1 aliphatic heterocycles. The molecule has 0 aliphatic carbocycles. The van der Waals surface area contributed by atoms with Gasteiger partial charge in [-0.2, -0.15) is 0 Å². The maximum Gasteiger partial charge on any atom is 0.156 e. The topological polar surface area (TPSA) is 25.4 Å². The average molecular weight is 379 g/mol. The highest BCUT2D eigenvalue weighted by Crippen LogP contribution is 2.33. The van der Waals surface area contributed by atoms with E-state index >= 15 is 0 Å². The van der Waals surface area contributed by atoms with E-state index in [4.69, 9.17) is 27.9 Å². The van der Waals surface area contributed by atoms with Crippen molar-refractivity contribution in [2.24, 2.45) is 0 Å². The molecule has 0 amide bonds. The van der Waals surface area contributed by atoms with Crippen molar-refractivity contribution >= 4 is 23.2 Å². The fraction of sp³-hybridized carbons (Fsp3) is 0.450. The quantitative estimate of drug-likeness (QED) is 0.571. The molecule has 1 unspecified atom stereocenters. The number of benzene rings is 1. The van der Waals surface area contributed by atoms with E-state index in [-0.39, 0.29) is 0 Å². The van der Waals surface area contributed by atoms with Crippen molar-refractivity contribution in [1.29, 1.82) is 0 Å². The minimum absolute atomic E-state index is 0.501. The van der Waals surface area contributed by atoms with Gasteiger partial charge in [-0.15, -0.1) is 0 Å². The summed E-state index contributed by atoms with van der Waals surface area (Å²) in [7, 11) is 0. The van der Waals surface area contributed by atoms with E-state index in [9.17, 15) is 0 Å². The van der Waals surface area contributed by atoms with E-state index in [0.29, 0.717) is 28.4 Å². The van der Waals surface area contributed by atoms with Crippen molar-refractivity contribution in [2.75, 3.05) is 19.7 Å². The molecule has 2 heterocycles. The minimum Gasteiger partial charge on any atom is -0.490 e. The Hall–Kier alpha value is -1.29. The molecule has 1 aliphatic rings. The number of unbranched alkanes of at least 4 members (excludes halogenated alkanes) is 1. The molecule has 1 saturated heterocycles. The number of likely N-dealkylation sites (tertiary alicyclic amines) is 1. The lowest BCUT2D eigenvalue weighted by molar-refractivity contribution is 0.143. The minimum atomic E-state index is 0.501. The number of rotatable bonds is 7. The van der Waals surface area contributed by atoms with Crippen LogP contribution in [0.5, 0.6) is 5.75 Å². The lowest BCUT2D eigenvalue weighted by atomic mass is 9.96. The van der Waals surface area contributed by atoms with Crippen LogP contribution in [0.25, 0.3) is 0 Å². The summed E-state index contributed by atoms with van der Waals surface area (Å²) in [6.07, 6.45) is 9.72. The Bertz CT molecular complexity index is 646. The summed E-state index contributed by atoms with van der Waals surface area (Å²) in [5.74, 6) is 0.594. The third-order valence-corrected chi connectivity index (χ3v) is 5.28. The fourth-order valence-electron chi connectivity index (χ4n) is 3.42. The van der Waals surface area contributed by atoms with Gasteiger partial charge in [-0.25, -0.2) is 0 Å². The van der Waals surface area contributed by atoms with E-state index in [0.717, 1.165) is 25.9 Å². The lowest BCUT2D eigenvalue weighted by Gasteiger charge is -2.35. The number of piperidine rings is 1. The molecular formula is C20H24Cl2N2O. The molecule has 1 aromatic heterocycles. The summed E-state index contributed by atoms with van der Waals surface area (Å²) in [5, 5.41) is 1.14. The van der Waals surface area contributed by atoms with Crippen LogP contribution in [0.1, 0.15) is 43.7 Å². The molecule has 0 spiro atoms. The first-order valence-corrected chi connectivity index (χ1v) is 9.72. The van der Waals surface area contributed by atoms with Gasteiger partial charge in [0.15, 0.2) is 5.75 Å². The summed E-state index contributed by atoms with van der Waals surface area (Å²) in [4.78, 5) is 6.87. The monoisotopic (exact) mass is 378 g/mol. The standard InChI is InChI=1S/C20H24Cl2N2O/c21-17-8-5-9-18(22)20(17)25-14-4-3-13-24-12-2-1-10-19(24)16-7-6-11-23-15-16/h5-9,11,15,19H,1-4,10,12-14H2. The Morgan fingerprint density at radius 2 is 1.92 bits per heavy atom. The SMILES string of the molecule is Clc1cccc(Cl)c1OCCCCN1CCCCC1c1cccnc1. The highest BCUT2D eigenvalue weighted by molar-refractivity contribution is 6.37. The number of nitrogens with zero attached hydrogens (tertiary/aromatic N) is 2.